The largest absolute Gasteiger partial charge is 0.353 e. The van der Waals surface area contributed by atoms with Crippen molar-refractivity contribution < 1.29 is 4.79 Å². The SMILES string of the molecule is Cc1ccsc1C(C(C)N)N1CCNC(=O)C1C. The maximum Gasteiger partial charge on any atom is 0.237 e. The zero-order valence-corrected chi connectivity index (χ0v) is 12.0. The summed E-state index contributed by atoms with van der Waals surface area (Å²) in [6.45, 7) is 7.64. The molecule has 3 atom stereocenters. The lowest BCUT2D eigenvalue weighted by atomic mass is 10.0. The molecule has 2 rings (SSSR count). The summed E-state index contributed by atoms with van der Waals surface area (Å²) in [5.74, 6) is 0.0982. The van der Waals surface area contributed by atoms with Crippen molar-refractivity contribution in [2.45, 2.75) is 38.9 Å². The smallest absolute Gasteiger partial charge is 0.237 e. The van der Waals surface area contributed by atoms with Gasteiger partial charge < -0.3 is 11.1 Å². The predicted molar refractivity (Wildman–Crippen MR) is 74.6 cm³/mol. The first kappa shape index (κ1) is 13.5. The van der Waals surface area contributed by atoms with Crippen LogP contribution in [-0.2, 0) is 4.79 Å². The summed E-state index contributed by atoms with van der Waals surface area (Å²) in [6.07, 6.45) is 0. The number of nitrogens with one attached hydrogen (secondary N) is 1. The van der Waals surface area contributed by atoms with Gasteiger partial charge in [0.05, 0.1) is 12.1 Å². The van der Waals surface area contributed by atoms with Crippen molar-refractivity contribution in [1.29, 1.82) is 0 Å². The number of carbonyl (C=O) groups excluding carboxylic acids is 1. The standard InChI is InChI=1S/C13H21N3OS/c1-8-4-7-18-12(8)11(9(2)14)16-6-5-15-13(17)10(16)3/h4,7,9-11H,5-6,14H2,1-3H3,(H,15,17). The fraction of sp³-hybridized carbons (Fsp3) is 0.615. The number of hydrogen-bond donors (Lipinski definition) is 2. The molecule has 3 unspecified atom stereocenters. The quantitative estimate of drug-likeness (QED) is 0.867. The molecular formula is C13H21N3OS. The third kappa shape index (κ3) is 2.43. The fourth-order valence-electron chi connectivity index (χ4n) is 2.56. The Morgan fingerprint density at radius 3 is 2.89 bits per heavy atom. The molecule has 0 aromatic carbocycles. The van der Waals surface area contributed by atoms with Crippen molar-refractivity contribution >= 4 is 17.2 Å². The first-order chi connectivity index (χ1) is 8.52. The van der Waals surface area contributed by atoms with Gasteiger partial charge in [0.1, 0.15) is 0 Å². The minimum absolute atomic E-state index is 0.00991. The number of thiophene rings is 1. The van der Waals surface area contributed by atoms with Crippen molar-refractivity contribution in [2.24, 2.45) is 5.73 Å². The number of hydrogen-bond acceptors (Lipinski definition) is 4. The molecular weight excluding hydrogens is 246 g/mol. The van der Waals surface area contributed by atoms with Crippen LogP contribution in [0.3, 0.4) is 0 Å². The molecule has 1 saturated heterocycles. The van der Waals surface area contributed by atoms with E-state index in [4.69, 9.17) is 5.73 Å². The van der Waals surface area contributed by atoms with Crippen LogP contribution in [0.1, 0.15) is 30.3 Å². The highest BCUT2D eigenvalue weighted by Crippen LogP contribution is 2.32. The molecule has 1 aromatic rings. The molecule has 2 heterocycles. The van der Waals surface area contributed by atoms with E-state index in [1.54, 1.807) is 11.3 Å². The molecule has 0 bridgehead atoms. The van der Waals surface area contributed by atoms with Crippen molar-refractivity contribution in [3.8, 4) is 0 Å². The van der Waals surface area contributed by atoms with Gasteiger partial charge in [-0.25, -0.2) is 0 Å². The topological polar surface area (TPSA) is 58.4 Å². The monoisotopic (exact) mass is 267 g/mol. The number of piperazine rings is 1. The highest BCUT2D eigenvalue weighted by Gasteiger charge is 2.34. The zero-order chi connectivity index (χ0) is 13.3. The van der Waals surface area contributed by atoms with Crippen LogP contribution in [0.4, 0.5) is 0 Å². The van der Waals surface area contributed by atoms with Crippen LogP contribution in [0, 0.1) is 6.92 Å². The highest BCUT2D eigenvalue weighted by atomic mass is 32.1. The maximum atomic E-state index is 11.8. The Morgan fingerprint density at radius 1 is 1.61 bits per heavy atom. The average molecular weight is 267 g/mol. The number of carbonyl (C=O) groups is 1. The summed E-state index contributed by atoms with van der Waals surface area (Å²) >= 11 is 1.73. The average Bonchev–Trinajstić information content (AvgIpc) is 2.71. The third-order valence-corrected chi connectivity index (χ3v) is 4.66. The number of amides is 1. The summed E-state index contributed by atoms with van der Waals surface area (Å²) in [6, 6.07) is 2.14. The van der Waals surface area contributed by atoms with Crippen LogP contribution in [0.5, 0.6) is 0 Å². The summed E-state index contributed by atoms with van der Waals surface area (Å²) < 4.78 is 0. The predicted octanol–water partition coefficient (Wildman–Crippen LogP) is 1.27. The van der Waals surface area contributed by atoms with Gasteiger partial charge in [0.15, 0.2) is 0 Å². The number of rotatable bonds is 3. The molecule has 0 aliphatic carbocycles. The van der Waals surface area contributed by atoms with Gasteiger partial charge in [-0.05, 0) is 37.8 Å². The second-order valence-electron chi connectivity index (χ2n) is 4.98. The van der Waals surface area contributed by atoms with Crippen LogP contribution in [0.15, 0.2) is 11.4 Å². The third-order valence-electron chi connectivity index (χ3n) is 3.57. The van der Waals surface area contributed by atoms with Crippen LogP contribution in [-0.4, -0.2) is 36.0 Å². The van der Waals surface area contributed by atoms with Crippen molar-refractivity contribution in [2.75, 3.05) is 13.1 Å². The van der Waals surface area contributed by atoms with Crippen LogP contribution >= 0.6 is 11.3 Å². The van der Waals surface area contributed by atoms with Gasteiger partial charge >= 0.3 is 0 Å². The normalized spacial score (nSPS) is 24.7. The molecule has 0 spiro atoms. The fourth-order valence-corrected chi connectivity index (χ4v) is 3.72. The first-order valence-electron chi connectivity index (χ1n) is 6.35. The highest BCUT2D eigenvalue weighted by molar-refractivity contribution is 7.10. The van der Waals surface area contributed by atoms with E-state index in [2.05, 4.69) is 28.6 Å². The summed E-state index contributed by atoms with van der Waals surface area (Å²) in [5.41, 5.74) is 7.43. The molecule has 1 aliphatic heterocycles. The molecule has 0 radical (unpaired) electrons. The summed E-state index contributed by atoms with van der Waals surface area (Å²) in [7, 11) is 0. The molecule has 3 N–H and O–H groups in total. The Kier molecular flexibility index (Phi) is 4.04. The Morgan fingerprint density at radius 2 is 2.33 bits per heavy atom. The molecule has 4 nitrogen and oxygen atoms in total. The van der Waals surface area contributed by atoms with Gasteiger partial charge in [0.2, 0.25) is 5.91 Å². The minimum atomic E-state index is -0.115. The maximum absolute atomic E-state index is 11.8. The Bertz CT molecular complexity index is 430. The van der Waals surface area contributed by atoms with Crippen molar-refractivity contribution in [3.05, 3.63) is 21.9 Å². The summed E-state index contributed by atoms with van der Waals surface area (Å²) in [4.78, 5) is 15.3. The van der Waals surface area contributed by atoms with Gasteiger partial charge in [0.25, 0.3) is 0 Å². The van der Waals surface area contributed by atoms with E-state index in [1.165, 1.54) is 10.4 Å². The minimum Gasteiger partial charge on any atom is -0.353 e. The van der Waals surface area contributed by atoms with E-state index in [1.807, 2.05) is 13.8 Å². The first-order valence-corrected chi connectivity index (χ1v) is 7.23. The molecule has 100 valence electrons. The van der Waals surface area contributed by atoms with Crippen LogP contribution in [0.2, 0.25) is 0 Å². The molecule has 1 aliphatic rings. The lowest BCUT2D eigenvalue weighted by molar-refractivity contribution is -0.129. The molecule has 18 heavy (non-hydrogen) atoms. The van der Waals surface area contributed by atoms with Crippen LogP contribution in [0.25, 0.3) is 0 Å². The molecule has 1 amide bonds. The Balaban J connectivity index is 2.31. The number of nitrogens with zero attached hydrogens (tertiary/aromatic N) is 1. The van der Waals surface area contributed by atoms with E-state index in [9.17, 15) is 4.79 Å². The molecule has 5 heteroatoms. The molecule has 1 aromatic heterocycles. The number of aryl methyl sites for hydroxylation is 1. The van der Waals surface area contributed by atoms with Gasteiger partial charge in [-0.1, -0.05) is 0 Å². The Hall–Kier alpha value is -0.910. The van der Waals surface area contributed by atoms with Gasteiger partial charge in [-0.2, -0.15) is 0 Å². The lowest BCUT2D eigenvalue weighted by Crippen LogP contribution is -2.57. The second-order valence-corrected chi connectivity index (χ2v) is 5.92. The lowest BCUT2D eigenvalue weighted by Gasteiger charge is -2.40. The second kappa shape index (κ2) is 5.38. The van der Waals surface area contributed by atoms with E-state index < -0.39 is 0 Å². The van der Waals surface area contributed by atoms with Gasteiger partial charge in [0, 0.05) is 24.0 Å². The Labute approximate surface area is 112 Å². The van der Waals surface area contributed by atoms with E-state index in [0.717, 1.165) is 6.54 Å². The van der Waals surface area contributed by atoms with Crippen molar-refractivity contribution in [1.82, 2.24) is 10.2 Å². The zero-order valence-electron chi connectivity index (χ0n) is 11.1. The van der Waals surface area contributed by atoms with E-state index in [0.29, 0.717) is 6.54 Å². The molecule has 0 saturated carbocycles. The van der Waals surface area contributed by atoms with E-state index >= 15 is 0 Å². The van der Waals surface area contributed by atoms with E-state index in [-0.39, 0.29) is 24.0 Å². The summed E-state index contributed by atoms with van der Waals surface area (Å²) in [5, 5.41) is 4.99. The van der Waals surface area contributed by atoms with Gasteiger partial charge in [-0.3, -0.25) is 9.69 Å². The van der Waals surface area contributed by atoms with Gasteiger partial charge in [-0.15, -0.1) is 11.3 Å². The van der Waals surface area contributed by atoms with Crippen LogP contribution < -0.4 is 11.1 Å². The molecule has 1 fully saturated rings. The van der Waals surface area contributed by atoms with Crippen molar-refractivity contribution in [3.63, 3.8) is 0 Å². The number of nitrogens with two attached hydrogens (primary N) is 1.